The highest BCUT2D eigenvalue weighted by Gasteiger charge is 2.29. The zero-order valence-corrected chi connectivity index (χ0v) is 14.1. The average Bonchev–Trinajstić information content (AvgIpc) is 3.15. The van der Waals surface area contributed by atoms with E-state index in [1.165, 1.54) is 0 Å². The zero-order chi connectivity index (χ0) is 15.8. The van der Waals surface area contributed by atoms with Gasteiger partial charge in [0, 0.05) is 36.6 Å². The average molecular weight is 314 g/mol. The quantitative estimate of drug-likeness (QED) is 0.783. The van der Waals surface area contributed by atoms with E-state index in [0.29, 0.717) is 24.0 Å². The maximum absolute atomic E-state index is 12.4. The van der Waals surface area contributed by atoms with Crippen LogP contribution in [-0.2, 0) is 16.6 Å². The number of nitrogens with two attached hydrogens (primary N) is 1. The molecule has 0 aromatic carbocycles. The molecule has 1 aromatic heterocycles. The molecule has 1 aliphatic rings. The standard InChI is InChI=1S/C14H26N4O2S/c1-14(2,17(3)4)10-16-21(19,20)13-7-12(8-15)18(9-13)11-5-6-11/h7,9,11,16H,5-6,8,10,15H2,1-4H3. The molecule has 1 fully saturated rings. The maximum Gasteiger partial charge on any atom is 0.242 e. The molecular formula is C14H26N4O2S. The number of hydrogen-bond donors (Lipinski definition) is 2. The van der Waals surface area contributed by atoms with Gasteiger partial charge in [-0.3, -0.25) is 0 Å². The summed E-state index contributed by atoms with van der Waals surface area (Å²) in [7, 11) is 0.372. The van der Waals surface area contributed by atoms with E-state index in [9.17, 15) is 8.42 Å². The number of nitrogens with one attached hydrogen (secondary N) is 1. The van der Waals surface area contributed by atoms with Gasteiger partial charge in [-0.2, -0.15) is 0 Å². The second-order valence-electron chi connectivity index (χ2n) is 6.54. The predicted octanol–water partition coefficient (Wildman–Crippen LogP) is 0.900. The van der Waals surface area contributed by atoms with E-state index in [1.807, 2.05) is 37.4 Å². The van der Waals surface area contributed by atoms with Gasteiger partial charge in [0.15, 0.2) is 0 Å². The molecule has 0 atom stereocenters. The third kappa shape index (κ3) is 3.66. The third-order valence-corrected chi connectivity index (χ3v) is 5.64. The summed E-state index contributed by atoms with van der Waals surface area (Å²) in [4.78, 5) is 2.31. The molecule has 0 aliphatic heterocycles. The molecule has 3 N–H and O–H groups in total. The summed E-state index contributed by atoms with van der Waals surface area (Å²) in [6.07, 6.45) is 3.91. The molecule has 0 radical (unpaired) electrons. The topological polar surface area (TPSA) is 80.4 Å². The summed E-state index contributed by atoms with van der Waals surface area (Å²) in [6, 6.07) is 2.11. The lowest BCUT2D eigenvalue weighted by Crippen LogP contribution is -2.48. The lowest BCUT2D eigenvalue weighted by Gasteiger charge is -2.32. The number of nitrogens with zero attached hydrogens (tertiary/aromatic N) is 2. The van der Waals surface area contributed by atoms with Crippen molar-refractivity contribution in [1.82, 2.24) is 14.2 Å². The molecule has 21 heavy (non-hydrogen) atoms. The van der Waals surface area contributed by atoms with Gasteiger partial charge in [0.05, 0.1) is 4.90 Å². The molecule has 7 heteroatoms. The highest BCUT2D eigenvalue weighted by molar-refractivity contribution is 7.89. The minimum absolute atomic E-state index is 0.247. The summed E-state index contributed by atoms with van der Waals surface area (Å²) in [6.45, 7) is 4.70. The van der Waals surface area contributed by atoms with Gasteiger partial charge >= 0.3 is 0 Å². The van der Waals surface area contributed by atoms with Crippen LogP contribution in [0.2, 0.25) is 0 Å². The Bertz CT molecular complexity index is 600. The highest BCUT2D eigenvalue weighted by Crippen LogP contribution is 2.37. The molecular weight excluding hydrogens is 288 g/mol. The predicted molar refractivity (Wildman–Crippen MR) is 83.5 cm³/mol. The molecule has 1 aliphatic carbocycles. The molecule has 1 saturated carbocycles. The van der Waals surface area contributed by atoms with Crippen LogP contribution in [0.4, 0.5) is 0 Å². The first kappa shape index (κ1) is 16.5. The summed E-state index contributed by atoms with van der Waals surface area (Å²) in [5.41, 5.74) is 6.35. The van der Waals surface area contributed by atoms with Gasteiger partial charge in [-0.1, -0.05) is 0 Å². The van der Waals surface area contributed by atoms with Gasteiger partial charge in [0.1, 0.15) is 0 Å². The van der Waals surface area contributed by atoms with Crippen molar-refractivity contribution in [2.24, 2.45) is 5.73 Å². The first-order chi connectivity index (χ1) is 9.67. The van der Waals surface area contributed by atoms with Crippen LogP contribution in [0.15, 0.2) is 17.2 Å². The fraction of sp³-hybridized carbons (Fsp3) is 0.714. The highest BCUT2D eigenvalue weighted by atomic mass is 32.2. The minimum Gasteiger partial charge on any atom is -0.346 e. The number of aromatic nitrogens is 1. The van der Waals surface area contributed by atoms with E-state index >= 15 is 0 Å². The second kappa shape index (κ2) is 5.72. The normalized spacial score (nSPS) is 16.7. The number of rotatable bonds is 7. The molecule has 120 valence electrons. The van der Waals surface area contributed by atoms with Gasteiger partial charge in [0.2, 0.25) is 10.0 Å². The molecule has 0 spiro atoms. The molecule has 6 nitrogen and oxygen atoms in total. The summed E-state index contributed by atoms with van der Waals surface area (Å²) < 4.78 is 29.6. The Hall–Kier alpha value is -0.890. The SMILES string of the molecule is CN(C)C(C)(C)CNS(=O)(=O)c1cc(CN)n(C2CC2)c1. The van der Waals surface area contributed by atoms with Crippen LogP contribution < -0.4 is 10.5 Å². The lowest BCUT2D eigenvalue weighted by molar-refractivity contribution is 0.199. The Morgan fingerprint density at radius 2 is 2.05 bits per heavy atom. The molecule has 2 rings (SSSR count). The van der Waals surface area contributed by atoms with E-state index in [2.05, 4.69) is 4.72 Å². The lowest BCUT2D eigenvalue weighted by atomic mass is 10.1. The Morgan fingerprint density at radius 1 is 1.43 bits per heavy atom. The van der Waals surface area contributed by atoms with Crippen LogP contribution in [0.1, 0.15) is 38.4 Å². The molecule has 1 aromatic rings. The van der Waals surface area contributed by atoms with Crippen molar-refractivity contribution in [3.05, 3.63) is 18.0 Å². The first-order valence-corrected chi connectivity index (χ1v) is 8.73. The van der Waals surface area contributed by atoms with Gasteiger partial charge in [-0.25, -0.2) is 13.1 Å². The summed E-state index contributed by atoms with van der Waals surface area (Å²) in [5.74, 6) is 0. The largest absolute Gasteiger partial charge is 0.346 e. The number of likely N-dealkylation sites (N-methyl/N-ethyl adjacent to an activating group) is 1. The van der Waals surface area contributed by atoms with Crippen LogP contribution >= 0.6 is 0 Å². The van der Waals surface area contributed by atoms with Gasteiger partial charge in [-0.05, 0) is 46.9 Å². The van der Waals surface area contributed by atoms with Gasteiger partial charge < -0.3 is 15.2 Å². The summed E-state index contributed by atoms with van der Waals surface area (Å²) in [5, 5.41) is 0. The van der Waals surface area contributed by atoms with Crippen LogP contribution in [0.3, 0.4) is 0 Å². The molecule has 0 amide bonds. The van der Waals surface area contributed by atoms with Crippen molar-refractivity contribution in [2.75, 3.05) is 20.6 Å². The monoisotopic (exact) mass is 314 g/mol. The van der Waals surface area contributed by atoms with Crippen molar-refractivity contribution in [3.8, 4) is 0 Å². The minimum atomic E-state index is -3.50. The Kier molecular flexibility index (Phi) is 4.49. The molecule has 0 saturated heterocycles. The van der Waals surface area contributed by atoms with Crippen molar-refractivity contribution >= 4 is 10.0 Å². The number of hydrogen-bond acceptors (Lipinski definition) is 4. The van der Waals surface area contributed by atoms with Gasteiger partial charge in [0.25, 0.3) is 0 Å². The third-order valence-electron chi connectivity index (χ3n) is 4.27. The fourth-order valence-electron chi connectivity index (χ4n) is 2.01. The Balaban J connectivity index is 2.16. The van der Waals surface area contributed by atoms with Gasteiger partial charge in [-0.15, -0.1) is 0 Å². The van der Waals surface area contributed by atoms with E-state index in [0.717, 1.165) is 18.5 Å². The van der Waals surface area contributed by atoms with Crippen molar-refractivity contribution in [2.45, 2.75) is 49.7 Å². The van der Waals surface area contributed by atoms with Crippen LogP contribution in [-0.4, -0.2) is 44.1 Å². The molecule has 0 unspecified atom stereocenters. The zero-order valence-electron chi connectivity index (χ0n) is 13.3. The van der Waals surface area contributed by atoms with Crippen molar-refractivity contribution in [1.29, 1.82) is 0 Å². The van der Waals surface area contributed by atoms with E-state index in [-0.39, 0.29) is 5.54 Å². The summed E-state index contributed by atoms with van der Waals surface area (Å²) >= 11 is 0. The first-order valence-electron chi connectivity index (χ1n) is 7.25. The van der Waals surface area contributed by atoms with Crippen LogP contribution in [0, 0.1) is 0 Å². The Labute approximate surface area is 127 Å². The Morgan fingerprint density at radius 3 is 2.52 bits per heavy atom. The molecule has 0 bridgehead atoms. The second-order valence-corrected chi connectivity index (χ2v) is 8.31. The fourth-order valence-corrected chi connectivity index (χ4v) is 3.27. The smallest absolute Gasteiger partial charge is 0.242 e. The number of sulfonamides is 1. The van der Waals surface area contributed by atoms with Crippen molar-refractivity contribution in [3.63, 3.8) is 0 Å². The maximum atomic E-state index is 12.4. The van der Waals surface area contributed by atoms with E-state index < -0.39 is 10.0 Å². The van der Waals surface area contributed by atoms with E-state index in [4.69, 9.17) is 5.73 Å². The van der Waals surface area contributed by atoms with E-state index in [1.54, 1.807) is 12.3 Å². The molecule has 1 heterocycles. The van der Waals surface area contributed by atoms with Crippen LogP contribution in [0.25, 0.3) is 0 Å². The van der Waals surface area contributed by atoms with Crippen LogP contribution in [0.5, 0.6) is 0 Å². The van der Waals surface area contributed by atoms with Crippen molar-refractivity contribution < 1.29 is 8.42 Å².